The first kappa shape index (κ1) is 8.02. The predicted octanol–water partition coefficient (Wildman–Crippen LogP) is 0.948. The van der Waals surface area contributed by atoms with Crippen molar-refractivity contribution in [1.82, 2.24) is 0 Å². The van der Waals surface area contributed by atoms with Gasteiger partial charge in [-0.2, -0.15) is 0 Å². The fourth-order valence-corrected chi connectivity index (χ4v) is 0.584. The summed E-state index contributed by atoms with van der Waals surface area (Å²) in [5.41, 5.74) is 5.29. The van der Waals surface area contributed by atoms with Crippen molar-refractivity contribution in [3.8, 4) is 0 Å². The van der Waals surface area contributed by atoms with Gasteiger partial charge in [-0.05, 0) is 13.0 Å². The van der Waals surface area contributed by atoms with E-state index in [2.05, 4.69) is 6.92 Å². The highest BCUT2D eigenvalue weighted by atomic mass is 14.5. The van der Waals surface area contributed by atoms with Crippen LogP contribution in [0.5, 0.6) is 0 Å². The van der Waals surface area contributed by atoms with E-state index in [1.807, 2.05) is 0 Å². The molecule has 0 aromatic rings. The van der Waals surface area contributed by atoms with Crippen LogP contribution in [0.2, 0.25) is 6.32 Å². The minimum Gasteiger partial charge on any atom is -0.330 e. The van der Waals surface area contributed by atoms with Crippen LogP contribution in [0, 0.1) is 5.92 Å². The summed E-state index contributed by atoms with van der Waals surface area (Å²) in [6, 6.07) is 0. The molecule has 0 heterocycles. The molecule has 46 valence electrons. The molecule has 0 saturated carbocycles. The molecule has 1 nitrogen and oxygen atoms in total. The first-order valence-corrected chi connectivity index (χ1v) is 3.21. The average Bonchev–Trinajstić information content (AvgIpc) is 1.83. The van der Waals surface area contributed by atoms with Crippen LogP contribution in [0.15, 0.2) is 0 Å². The highest BCUT2D eigenvalue weighted by Gasteiger charge is 1.94. The van der Waals surface area contributed by atoms with Gasteiger partial charge in [-0.15, -0.1) is 0 Å². The summed E-state index contributed by atoms with van der Waals surface area (Å²) in [4.78, 5) is 0. The Kier molecular flexibility index (Phi) is 5.18. The molecule has 1 unspecified atom stereocenters. The zero-order valence-electron chi connectivity index (χ0n) is 5.56. The van der Waals surface area contributed by atoms with Crippen molar-refractivity contribution >= 4 is 7.85 Å². The Morgan fingerprint density at radius 3 is 2.62 bits per heavy atom. The second-order valence-electron chi connectivity index (χ2n) is 2.27. The lowest BCUT2D eigenvalue weighted by atomic mass is 9.89. The van der Waals surface area contributed by atoms with Crippen LogP contribution < -0.4 is 5.73 Å². The molecule has 0 spiro atoms. The minimum absolute atomic E-state index is 0.651. The van der Waals surface area contributed by atoms with Crippen LogP contribution >= 0.6 is 0 Å². The van der Waals surface area contributed by atoms with E-state index in [1.54, 1.807) is 0 Å². The lowest BCUT2D eigenvalue weighted by Crippen LogP contribution is -2.01. The fourth-order valence-electron chi connectivity index (χ4n) is 0.584. The lowest BCUT2D eigenvalue weighted by molar-refractivity contribution is 0.561. The largest absolute Gasteiger partial charge is 0.330 e. The third-order valence-electron chi connectivity index (χ3n) is 1.30. The molecule has 0 aromatic carbocycles. The maximum absolute atomic E-state index is 5.37. The second kappa shape index (κ2) is 5.17. The van der Waals surface area contributed by atoms with Crippen molar-refractivity contribution in [2.75, 3.05) is 6.54 Å². The lowest BCUT2D eigenvalue weighted by Gasteiger charge is -2.04. The van der Waals surface area contributed by atoms with E-state index >= 15 is 0 Å². The van der Waals surface area contributed by atoms with Crippen molar-refractivity contribution in [2.45, 2.75) is 26.1 Å². The summed E-state index contributed by atoms with van der Waals surface area (Å²) in [6.07, 6.45) is 3.07. The van der Waals surface area contributed by atoms with Crippen LogP contribution in [-0.2, 0) is 0 Å². The normalized spacial score (nSPS) is 13.8. The minimum atomic E-state index is 0.651. The van der Waals surface area contributed by atoms with Gasteiger partial charge in [-0.3, -0.25) is 0 Å². The van der Waals surface area contributed by atoms with Gasteiger partial charge in [-0.1, -0.05) is 25.6 Å². The highest BCUT2D eigenvalue weighted by Crippen LogP contribution is 2.06. The third kappa shape index (κ3) is 4.19. The van der Waals surface area contributed by atoms with E-state index in [1.165, 1.54) is 6.42 Å². The summed E-state index contributed by atoms with van der Waals surface area (Å²) in [7, 11) is 5.37. The standard InChI is InChI=1S/C6H14BN/c1-6(5-7)3-2-4-8/h6H,2-5,8H2,1H3. The Hall–Kier alpha value is 0.0249. The number of nitrogens with two attached hydrogens (primary N) is 1. The summed E-state index contributed by atoms with van der Waals surface area (Å²) in [5, 5.41) is 0. The summed E-state index contributed by atoms with van der Waals surface area (Å²) in [5.74, 6) is 0.651. The monoisotopic (exact) mass is 111 g/mol. The van der Waals surface area contributed by atoms with E-state index in [4.69, 9.17) is 13.6 Å². The molecule has 8 heavy (non-hydrogen) atoms. The summed E-state index contributed by atoms with van der Waals surface area (Å²) >= 11 is 0. The van der Waals surface area contributed by atoms with E-state index in [9.17, 15) is 0 Å². The average molecular weight is 111 g/mol. The van der Waals surface area contributed by atoms with Crippen molar-refractivity contribution < 1.29 is 0 Å². The maximum atomic E-state index is 5.37. The van der Waals surface area contributed by atoms with Crippen molar-refractivity contribution in [2.24, 2.45) is 11.7 Å². The van der Waals surface area contributed by atoms with Gasteiger partial charge in [0, 0.05) is 0 Å². The van der Waals surface area contributed by atoms with E-state index in [-0.39, 0.29) is 0 Å². The van der Waals surface area contributed by atoms with Crippen molar-refractivity contribution in [3.05, 3.63) is 0 Å². The van der Waals surface area contributed by atoms with Crippen molar-refractivity contribution in [3.63, 3.8) is 0 Å². The molecule has 2 radical (unpaired) electrons. The van der Waals surface area contributed by atoms with Gasteiger partial charge in [0.25, 0.3) is 0 Å². The van der Waals surface area contributed by atoms with Crippen LogP contribution in [0.3, 0.4) is 0 Å². The molecule has 0 bridgehead atoms. The van der Waals surface area contributed by atoms with Gasteiger partial charge in [0.2, 0.25) is 0 Å². The first-order chi connectivity index (χ1) is 3.81. The Balaban J connectivity index is 2.86. The quantitative estimate of drug-likeness (QED) is 0.537. The first-order valence-electron chi connectivity index (χ1n) is 3.21. The fraction of sp³-hybridized carbons (Fsp3) is 1.00. The number of hydrogen-bond donors (Lipinski definition) is 1. The molecule has 0 rings (SSSR count). The number of hydrogen-bond acceptors (Lipinski definition) is 1. The van der Waals surface area contributed by atoms with E-state index < -0.39 is 0 Å². The molecule has 0 amide bonds. The highest BCUT2D eigenvalue weighted by molar-refractivity contribution is 6.08. The molecule has 0 fully saturated rings. The Bertz CT molecular complexity index is 47.8. The van der Waals surface area contributed by atoms with Gasteiger partial charge >= 0.3 is 0 Å². The summed E-state index contributed by atoms with van der Waals surface area (Å²) in [6.45, 7) is 2.94. The topological polar surface area (TPSA) is 26.0 Å². The number of rotatable bonds is 4. The van der Waals surface area contributed by atoms with Gasteiger partial charge in [-0.25, -0.2) is 0 Å². The molecule has 0 aliphatic carbocycles. The van der Waals surface area contributed by atoms with Crippen LogP contribution in [-0.4, -0.2) is 14.4 Å². The molecule has 2 heteroatoms. The van der Waals surface area contributed by atoms with Crippen LogP contribution in [0.1, 0.15) is 19.8 Å². The molecule has 2 N–H and O–H groups in total. The molecule has 0 aliphatic rings. The van der Waals surface area contributed by atoms with Gasteiger partial charge < -0.3 is 5.73 Å². The molecule has 0 saturated heterocycles. The molecule has 1 atom stereocenters. The molecule has 0 aromatic heterocycles. The van der Waals surface area contributed by atoms with Crippen molar-refractivity contribution in [1.29, 1.82) is 0 Å². The van der Waals surface area contributed by atoms with Crippen LogP contribution in [0.4, 0.5) is 0 Å². The van der Waals surface area contributed by atoms with Gasteiger partial charge in [0.1, 0.15) is 0 Å². The summed E-state index contributed by atoms with van der Waals surface area (Å²) < 4.78 is 0. The predicted molar refractivity (Wildman–Crippen MR) is 38.0 cm³/mol. The third-order valence-corrected chi connectivity index (χ3v) is 1.30. The Morgan fingerprint density at radius 2 is 2.25 bits per heavy atom. The van der Waals surface area contributed by atoms with Gasteiger partial charge in [0.05, 0.1) is 7.85 Å². The Labute approximate surface area is 53.1 Å². The van der Waals surface area contributed by atoms with E-state index in [0.29, 0.717) is 5.92 Å². The zero-order chi connectivity index (χ0) is 6.41. The maximum Gasteiger partial charge on any atom is 0.0656 e. The Morgan fingerprint density at radius 1 is 1.62 bits per heavy atom. The smallest absolute Gasteiger partial charge is 0.0656 e. The second-order valence-corrected chi connectivity index (χ2v) is 2.27. The van der Waals surface area contributed by atoms with Gasteiger partial charge in [0.15, 0.2) is 0 Å². The van der Waals surface area contributed by atoms with E-state index in [0.717, 1.165) is 19.3 Å². The molecule has 0 aliphatic heterocycles. The SMILES string of the molecule is [B]CC(C)CCCN. The zero-order valence-corrected chi connectivity index (χ0v) is 5.56. The molecular weight excluding hydrogens is 96.9 g/mol. The van der Waals surface area contributed by atoms with Crippen LogP contribution in [0.25, 0.3) is 0 Å². The molecular formula is C6H14BN.